The van der Waals surface area contributed by atoms with Gasteiger partial charge in [-0.15, -0.1) is 0 Å². The van der Waals surface area contributed by atoms with E-state index in [9.17, 15) is 4.79 Å². The van der Waals surface area contributed by atoms with Crippen molar-refractivity contribution in [2.75, 3.05) is 11.9 Å². The number of nitrogens with zero attached hydrogens (tertiary/aromatic N) is 3. The van der Waals surface area contributed by atoms with Crippen molar-refractivity contribution in [3.63, 3.8) is 0 Å². The predicted octanol–water partition coefficient (Wildman–Crippen LogP) is 2.17. The summed E-state index contributed by atoms with van der Waals surface area (Å²) in [5.74, 6) is 0.525. The number of anilines is 1. The maximum absolute atomic E-state index is 11.6. The predicted molar refractivity (Wildman–Crippen MR) is 75.9 cm³/mol. The molecule has 0 radical (unpaired) electrons. The molecule has 0 saturated heterocycles. The van der Waals surface area contributed by atoms with E-state index in [2.05, 4.69) is 36.6 Å². The molecule has 2 rings (SSSR count). The number of carbonyl (C=O) groups excluding carboxylic acids is 1. The van der Waals surface area contributed by atoms with E-state index in [1.54, 1.807) is 16.9 Å². The van der Waals surface area contributed by atoms with Crippen molar-refractivity contribution in [3.8, 4) is 0 Å². The molecule has 0 aromatic carbocycles. The monoisotopic (exact) mass is 323 g/mol. The molecule has 2 heterocycles. The normalized spacial score (nSPS) is 10.2. The first-order valence-corrected chi connectivity index (χ1v) is 6.60. The third-order valence-electron chi connectivity index (χ3n) is 2.45. The molecule has 2 N–H and O–H groups in total. The van der Waals surface area contributed by atoms with Gasteiger partial charge in [0.15, 0.2) is 0 Å². The molecule has 19 heavy (non-hydrogen) atoms. The third kappa shape index (κ3) is 4.06. The first-order valence-electron chi connectivity index (χ1n) is 5.80. The van der Waals surface area contributed by atoms with Gasteiger partial charge in [0.2, 0.25) is 0 Å². The Hall–Kier alpha value is -1.89. The number of hydrogen-bond acceptors (Lipinski definition) is 3. The maximum atomic E-state index is 11.6. The van der Waals surface area contributed by atoms with E-state index in [0.29, 0.717) is 18.9 Å². The van der Waals surface area contributed by atoms with Gasteiger partial charge in [-0.1, -0.05) is 0 Å². The minimum absolute atomic E-state index is 0.277. The fourth-order valence-corrected chi connectivity index (χ4v) is 1.71. The summed E-state index contributed by atoms with van der Waals surface area (Å²) in [6.07, 6.45) is 3.55. The number of hydrogen-bond donors (Lipinski definition) is 2. The van der Waals surface area contributed by atoms with Crippen molar-refractivity contribution in [3.05, 3.63) is 40.8 Å². The van der Waals surface area contributed by atoms with Gasteiger partial charge in [0.05, 0.1) is 12.2 Å². The van der Waals surface area contributed by atoms with Crippen molar-refractivity contribution in [1.29, 1.82) is 0 Å². The Morgan fingerprint density at radius 2 is 2.32 bits per heavy atom. The summed E-state index contributed by atoms with van der Waals surface area (Å²) in [7, 11) is 0. The van der Waals surface area contributed by atoms with E-state index in [1.807, 2.05) is 25.3 Å². The van der Waals surface area contributed by atoms with Gasteiger partial charge in [0, 0.05) is 23.4 Å². The van der Waals surface area contributed by atoms with Crippen molar-refractivity contribution in [2.24, 2.45) is 0 Å². The number of urea groups is 1. The van der Waals surface area contributed by atoms with E-state index in [0.717, 1.165) is 10.2 Å². The second-order valence-electron chi connectivity index (χ2n) is 3.91. The number of amides is 2. The van der Waals surface area contributed by atoms with Crippen LogP contribution >= 0.6 is 15.9 Å². The van der Waals surface area contributed by atoms with Crippen LogP contribution in [0.4, 0.5) is 10.6 Å². The largest absolute Gasteiger partial charge is 0.336 e. The Morgan fingerprint density at radius 1 is 1.47 bits per heavy atom. The van der Waals surface area contributed by atoms with E-state index >= 15 is 0 Å². The van der Waals surface area contributed by atoms with E-state index in [1.165, 1.54) is 0 Å². The van der Waals surface area contributed by atoms with Crippen LogP contribution in [0.15, 0.2) is 35.1 Å². The van der Waals surface area contributed by atoms with E-state index in [-0.39, 0.29) is 6.03 Å². The van der Waals surface area contributed by atoms with Gasteiger partial charge in [-0.3, -0.25) is 10.00 Å². The van der Waals surface area contributed by atoms with Gasteiger partial charge in [-0.05, 0) is 41.1 Å². The summed E-state index contributed by atoms with van der Waals surface area (Å²) in [6.45, 7) is 3.00. The van der Waals surface area contributed by atoms with Crippen molar-refractivity contribution >= 4 is 27.8 Å². The Kier molecular flexibility index (Phi) is 4.51. The maximum Gasteiger partial charge on any atom is 0.320 e. The van der Waals surface area contributed by atoms with Gasteiger partial charge < -0.3 is 5.32 Å². The highest BCUT2D eigenvalue weighted by molar-refractivity contribution is 9.10. The second-order valence-corrected chi connectivity index (χ2v) is 4.77. The molecule has 7 heteroatoms. The summed E-state index contributed by atoms with van der Waals surface area (Å²) >= 11 is 3.36. The Morgan fingerprint density at radius 3 is 3.00 bits per heavy atom. The summed E-state index contributed by atoms with van der Waals surface area (Å²) in [4.78, 5) is 15.9. The molecule has 0 aliphatic rings. The van der Waals surface area contributed by atoms with Crippen LogP contribution in [-0.4, -0.2) is 27.3 Å². The summed E-state index contributed by atoms with van der Waals surface area (Å²) < 4.78 is 2.67. The van der Waals surface area contributed by atoms with Crippen LogP contribution < -0.4 is 10.6 Å². The number of halogens is 1. The molecule has 0 bridgehead atoms. The number of rotatable bonds is 4. The summed E-state index contributed by atoms with van der Waals surface area (Å²) in [6, 6.07) is 5.15. The van der Waals surface area contributed by atoms with E-state index < -0.39 is 0 Å². The number of aromatic nitrogens is 3. The van der Waals surface area contributed by atoms with Crippen LogP contribution in [0.1, 0.15) is 5.69 Å². The second kappa shape index (κ2) is 6.33. The van der Waals surface area contributed by atoms with Crippen LogP contribution in [0.5, 0.6) is 0 Å². The number of carbonyl (C=O) groups is 1. The summed E-state index contributed by atoms with van der Waals surface area (Å²) in [5.41, 5.74) is 0.828. The topological polar surface area (TPSA) is 71.8 Å². The van der Waals surface area contributed by atoms with Gasteiger partial charge >= 0.3 is 6.03 Å². The highest BCUT2D eigenvalue weighted by atomic mass is 79.9. The first kappa shape index (κ1) is 13.5. The zero-order valence-electron chi connectivity index (χ0n) is 10.4. The van der Waals surface area contributed by atoms with Crippen molar-refractivity contribution in [2.45, 2.75) is 13.5 Å². The molecule has 0 aliphatic heterocycles. The number of nitrogens with one attached hydrogen (secondary N) is 2. The molecule has 0 unspecified atom stereocenters. The molecular formula is C12H14BrN5O. The van der Waals surface area contributed by atoms with Gasteiger partial charge in [-0.2, -0.15) is 5.10 Å². The smallest absolute Gasteiger partial charge is 0.320 e. The minimum atomic E-state index is -0.277. The van der Waals surface area contributed by atoms with Crippen molar-refractivity contribution in [1.82, 2.24) is 20.1 Å². The average Bonchev–Trinajstić information content (AvgIpc) is 2.87. The molecule has 2 aromatic rings. The van der Waals surface area contributed by atoms with E-state index in [4.69, 9.17) is 0 Å². The molecule has 6 nitrogen and oxygen atoms in total. The highest BCUT2D eigenvalue weighted by Gasteiger charge is 2.04. The van der Waals surface area contributed by atoms with Crippen LogP contribution in [0.2, 0.25) is 0 Å². The first-order chi connectivity index (χ1) is 9.15. The van der Waals surface area contributed by atoms with Crippen LogP contribution in [0, 0.1) is 6.92 Å². The van der Waals surface area contributed by atoms with Gasteiger partial charge in [0.1, 0.15) is 5.82 Å². The quantitative estimate of drug-likeness (QED) is 0.905. The average molecular weight is 324 g/mol. The molecule has 2 aromatic heterocycles. The Balaban J connectivity index is 1.79. The molecule has 0 fully saturated rings. The zero-order chi connectivity index (χ0) is 13.7. The van der Waals surface area contributed by atoms with Gasteiger partial charge in [0.25, 0.3) is 0 Å². The van der Waals surface area contributed by atoms with Crippen molar-refractivity contribution < 1.29 is 4.79 Å². The third-order valence-corrected chi connectivity index (χ3v) is 3.29. The lowest BCUT2D eigenvalue weighted by molar-refractivity contribution is 0.251. The SMILES string of the molecule is Cc1nc(NC(=O)NCCn2cccn2)ccc1Br. The molecule has 0 spiro atoms. The van der Waals surface area contributed by atoms with Gasteiger partial charge in [-0.25, -0.2) is 9.78 Å². The molecular weight excluding hydrogens is 310 g/mol. The lowest BCUT2D eigenvalue weighted by Gasteiger charge is -2.08. The van der Waals surface area contributed by atoms with Crippen LogP contribution in [0.3, 0.4) is 0 Å². The molecule has 0 aliphatic carbocycles. The highest BCUT2D eigenvalue weighted by Crippen LogP contribution is 2.15. The Bertz CT molecular complexity index is 555. The lowest BCUT2D eigenvalue weighted by atomic mass is 10.4. The zero-order valence-corrected chi connectivity index (χ0v) is 12.0. The number of pyridine rings is 1. The summed E-state index contributed by atoms with van der Waals surface area (Å²) in [5, 5.41) is 9.47. The fourth-order valence-electron chi connectivity index (χ4n) is 1.49. The van der Waals surface area contributed by atoms with Crippen LogP contribution in [0.25, 0.3) is 0 Å². The number of aryl methyl sites for hydroxylation is 1. The Labute approximate surface area is 119 Å². The molecule has 100 valence electrons. The fraction of sp³-hybridized carbons (Fsp3) is 0.250. The molecule has 0 atom stereocenters. The molecule has 2 amide bonds. The lowest BCUT2D eigenvalue weighted by Crippen LogP contribution is -2.31. The van der Waals surface area contributed by atoms with Crippen LogP contribution in [-0.2, 0) is 6.54 Å². The standard InChI is InChI=1S/C12H14BrN5O/c1-9-10(13)3-4-11(16-9)17-12(19)14-6-8-18-7-2-5-15-18/h2-5,7H,6,8H2,1H3,(H2,14,16,17,19). The minimum Gasteiger partial charge on any atom is -0.336 e. The molecule has 0 saturated carbocycles.